The van der Waals surface area contributed by atoms with Gasteiger partial charge in [-0.05, 0) is 85.2 Å². The maximum atomic E-state index is 6.74. The molecule has 2 aliphatic rings. The first-order valence-electron chi connectivity index (χ1n) is 18.1. The molecule has 4 heteroatoms. The van der Waals surface area contributed by atoms with E-state index < -0.39 is 0 Å². The van der Waals surface area contributed by atoms with Crippen LogP contribution in [0.5, 0.6) is 11.5 Å². The van der Waals surface area contributed by atoms with Crippen LogP contribution in [0, 0.1) is 0 Å². The van der Waals surface area contributed by atoms with Crippen molar-refractivity contribution in [1.29, 1.82) is 0 Å². The third-order valence-electron chi connectivity index (χ3n) is 11.8. The van der Waals surface area contributed by atoms with Crippen LogP contribution in [0.1, 0.15) is 156 Å². The van der Waals surface area contributed by atoms with Crippen LogP contribution in [0.25, 0.3) is 0 Å². The molecule has 258 valence electrons. The van der Waals surface area contributed by atoms with Gasteiger partial charge in [0.1, 0.15) is 35.9 Å². The van der Waals surface area contributed by atoms with Crippen molar-refractivity contribution in [2.24, 2.45) is 0 Å². The Morgan fingerprint density at radius 2 is 0.761 bits per heavy atom. The molecule has 2 aromatic rings. The lowest BCUT2D eigenvalue weighted by Gasteiger charge is -2.34. The number of hydrogen-bond acceptors (Lipinski definition) is 4. The van der Waals surface area contributed by atoms with Crippen LogP contribution in [0.2, 0.25) is 0 Å². The first kappa shape index (κ1) is 36.8. The van der Waals surface area contributed by atoms with Gasteiger partial charge in [-0.1, -0.05) is 107 Å². The Bertz CT molecular complexity index is 1190. The SMILES string of the molecule is CCC(C)(C)c1cc(CCc2cc(C(C)(C)CC)c(OCC3(C)CO3)c(C(C)(C)CC)c2)cc(C(C)(C)CC)c1OCC1(C)CO1. The number of hydrogen-bond donors (Lipinski definition) is 0. The molecule has 0 bridgehead atoms. The largest absolute Gasteiger partial charge is 0.490 e. The van der Waals surface area contributed by atoms with Crippen LogP contribution in [-0.4, -0.2) is 37.6 Å². The fourth-order valence-electron chi connectivity index (χ4n) is 5.90. The van der Waals surface area contributed by atoms with Gasteiger partial charge >= 0.3 is 0 Å². The molecule has 2 fully saturated rings. The second-order valence-electron chi connectivity index (χ2n) is 17.5. The number of epoxide rings is 2. The lowest BCUT2D eigenvalue weighted by atomic mass is 9.73. The molecule has 4 rings (SSSR count). The summed E-state index contributed by atoms with van der Waals surface area (Å²) in [6.45, 7) is 35.1. The van der Waals surface area contributed by atoms with Gasteiger partial charge in [0.05, 0.1) is 13.2 Å². The van der Waals surface area contributed by atoms with Crippen LogP contribution in [0.15, 0.2) is 24.3 Å². The summed E-state index contributed by atoms with van der Waals surface area (Å²) < 4.78 is 24.9. The summed E-state index contributed by atoms with van der Waals surface area (Å²) in [6.07, 6.45) is 6.13. The van der Waals surface area contributed by atoms with Crippen LogP contribution in [0.3, 0.4) is 0 Å². The van der Waals surface area contributed by atoms with Gasteiger partial charge in [0, 0.05) is 22.3 Å². The third kappa shape index (κ3) is 8.15. The third-order valence-corrected chi connectivity index (χ3v) is 11.8. The Morgan fingerprint density at radius 1 is 0.522 bits per heavy atom. The monoisotopic (exact) mass is 634 g/mol. The second kappa shape index (κ2) is 13.1. The standard InChI is InChI=1S/C42H66O4/c1-15-37(5,6)31-21-29(22-32(38(7,8)16-2)35(31)43-25-41(13)27-45-41)19-20-30-23-33(39(9,10)17-3)36(44-26-42(14)28-46-42)34(24-30)40(11,12)18-4/h21-24H,15-20,25-28H2,1-14H3. The maximum absolute atomic E-state index is 6.74. The van der Waals surface area contributed by atoms with E-state index in [0.717, 1.165) is 63.2 Å². The first-order valence-corrected chi connectivity index (χ1v) is 18.1. The van der Waals surface area contributed by atoms with E-state index in [1.54, 1.807) is 0 Å². The molecule has 0 amide bonds. The molecule has 2 atom stereocenters. The smallest absolute Gasteiger partial charge is 0.126 e. The average Bonchev–Trinajstić information content (AvgIpc) is 3.95. The molecule has 0 spiro atoms. The molecule has 46 heavy (non-hydrogen) atoms. The van der Waals surface area contributed by atoms with E-state index in [4.69, 9.17) is 18.9 Å². The highest BCUT2D eigenvalue weighted by Gasteiger charge is 2.42. The molecule has 0 radical (unpaired) electrons. The molecule has 4 nitrogen and oxygen atoms in total. The predicted octanol–water partition coefficient (Wildman–Crippen LogP) is 10.6. The number of rotatable bonds is 17. The molecule has 0 N–H and O–H groups in total. The molecule has 2 unspecified atom stereocenters. The summed E-state index contributed by atoms with van der Waals surface area (Å²) in [6, 6.07) is 9.80. The van der Waals surface area contributed by atoms with E-state index in [2.05, 4.69) is 121 Å². The summed E-state index contributed by atoms with van der Waals surface area (Å²) >= 11 is 0. The normalized spacial score (nSPS) is 21.8. The number of aryl methyl sites for hydroxylation is 2. The van der Waals surface area contributed by atoms with E-state index in [1.165, 1.54) is 33.4 Å². The van der Waals surface area contributed by atoms with E-state index in [0.29, 0.717) is 13.2 Å². The minimum Gasteiger partial charge on any atom is -0.490 e. The van der Waals surface area contributed by atoms with Gasteiger partial charge in [-0.15, -0.1) is 0 Å². The molecule has 0 aromatic heterocycles. The minimum atomic E-state index is -0.160. The van der Waals surface area contributed by atoms with E-state index in [-0.39, 0.29) is 32.9 Å². The fourth-order valence-corrected chi connectivity index (χ4v) is 5.90. The van der Waals surface area contributed by atoms with Crippen molar-refractivity contribution in [3.8, 4) is 11.5 Å². The van der Waals surface area contributed by atoms with Gasteiger partial charge in [-0.3, -0.25) is 0 Å². The zero-order chi connectivity index (χ0) is 34.3. The van der Waals surface area contributed by atoms with Gasteiger partial charge in [-0.2, -0.15) is 0 Å². The van der Waals surface area contributed by atoms with Crippen molar-refractivity contribution in [1.82, 2.24) is 0 Å². The molecular formula is C42H66O4. The van der Waals surface area contributed by atoms with Crippen molar-refractivity contribution in [2.45, 2.75) is 168 Å². The van der Waals surface area contributed by atoms with Gasteiger partial charge < -0.3 is 18.9 Å². The first-order chi connectivity index (χ1) is 21.3. The molecule has 2 heterocycles. The second-order valence-corrected chi connectivity index (χ2v) is 17.5. The van der Waals surface area contributed by atoms with E-state index in [1.807, 2.05) is 0 Å². The summed E-state index contributed by atoms with van der Waals surface area (Å²) in [5, 5.41) is 0. The predicted molar refractivity (Wildman–Crippen MR) is 193 cm³/mol. The molecule has 0 saturated carbocycles. The maximum Gasteiger partial charge on any atom is 0.126 e. The molecule has 2 saturated heterocycles. The molecule has 2 aromatic carbocycles. The summed E-state index contributed by atoms with van der Waals surface area (Å²) in [7, 11) is 0. The summed E-state index contributed by atoms with van der Waals surface area (Å²) in [4.78, 5) is 0. The summed E-state index contributed by atoms with van der Waals surface area (Å²) in [5.41, 5.74) is 7.74. The quantitative estimate of drug-likeness (QED) is 0.162. The Hall–Kier alpha value is -2.04. The van der Waals surface area contributed by atoms with Crippen LogP contribution >= 0.6 is 0 Å². The molecule has 2 aliphatic heterocycles. The minimum absolute atomic E-state index is 0.00718. The van der Waals surface area contributed by atoms with E-state index in [9.17, 15) is 0 Å². The zero-order valence-electron chi connectivity index (χ0n) is 32.0. The Morgan fingerprint density at radius 3 is 0.957 bits per heavy atom. The lowest BCUT2D eigenvalue weighted by Crippen LogP contribution is -2.26. The van der Waals surface area contributed by atoms with Gasteiger partial charge in [0.15, 0.2) is 0 Å². The lowest BCUT2D eigenvalue weighted by molar-refractivity contribution is 0.195. The average molecular weight is 635 g/mol. The highest BCUT2D eigenvalue weighted by molar-refractivity contribution is 5.53. The molecular weight excluding hydrogens is 568 g/mol. The Labute approximate surface area is 282 Å². The number of benzene rings is 2. The fraction of sp³-hybridized carbons (Fsp3) is 0.714. The van der Waals surface area contributed by atoms with Crippen LogP contribution in [0.4, 0.5) is 0 Å². The molecule has 0 aliphatic carbocycles. The topological polar surface area (TPSA) is 43.5 Å². The highest BCUT2D eigenvalue weighted by Crippen LogP contribution is 2.46. The highest BCUT2D eigenvalue weighted by atomic mass is 16.6. The van der Waals surface area contributed by atoms with Gasteiger partial charge in [-0.25, -0.2) is 0 Å². The Balaban J connectivity index is 1.79. The van der Waals surface area contributed by atoms with Crippen molar-refractivity contribution < 1.29 is 18.9 Å². The van der Waals surface area contributed by atoms with Crippen LogP contribution in [-0.2, 0) is 44.0 Å². The van der Waals surface area contributed by atoms with Crippen molar-refractivity contribution in [3.05, 3.63) is 57.6 Å². The zero-order valence-corrected chi connectivity index (χ0v) is 32.0. The van der Waals surface area contributed by atoms with Crippen molar-refractivity contribution in [3.63, 3.8) is 0 Å². The number of ether oxygens (including phenoxy) is 4. The Kier molecular flexibility index (Phi) is 10.5. The van der Waals surface area contributed by atoms with Gasteiger partial charge in [0.2, 0.25) is 0 Å². The van der Waals surface area contributed by atoms with Crippen molar-refractivity contribution in [2.75, 3.05) is 26.4 Å². The van der Waals surface area contributed by atoms with E-state index >= 15 is 0 Å². The summed E-state index contributed by atoms with van der Waals surface area (Å²) in [5.74, 6) is 2.15. The van der Waals surface area contributed by atoms with Gasteiger partial charge in [0.25, 0.3) is 0 Å². The van der Waals surface area contributed by atoms with Crippen molar-refractivity contribution >= 4 is 0 Å². The van der Waals surface area contributed by atoms with Crippen LogP contribution < -0.4 is 9.47 Å².